The fourth-order valence-corrected chi connectivity index (χ4v) is 3.24. The maximum absolute atomic E-state index is 14.0. The van der Waals surface area contributed by atoms with Gasteiger partial charge in [0.1, 0.15) is 17.4 Å². The number of amides is 1. The highest BCUT2D eigenvalue weighted by Crippen LogP contribution is 2.26. The van der Waals surface area contributed by atoms with Crippen molar-refractivity contribution in [2.24, 2.45) is 0 Å². The second-order valence-corrected chi connectivity index (χ2v) is 6.30. The standard InChI is InChI=1S/C18H20F2N2O2/c1-12-8-15(21-24-12)10-18(23)22(16-4-2-3-5-16)11-13-9-14(19)6-7-17(13)20/h6-9,16H,2-5,10-11H2,1H3. The van der Waals surface area contributed by atoms with Crippen molar-refractivity contribution < 1.29 is 18.1 Å². The lowest BCUT2D eigenvalue weighted by atomic mass is 10.1. The summed E-state index contributed by atoms with van der Waals surface area (Å²) in [4.78, 5) is 14.4. The van der Waals surface area contributed by atoms with E-state index in [1.165, 1.54) is 0 Å². The molecule has 1 aliphatic rings. The maximum atomic E-state index is 14.0. The molecule has 1 heterocycles. The Bertz CT molecular complexity index is 724. The number of benzene rings is 1. The number of rotatable bonds is 5. The number of carbonyl (C=O) groups excluding carboxylic acids is 1. The van der Waals surface area contributed by atoms with Crippen LogP contribution in [0.2, 0.25) is 0 Å². The molecule has 1 saturated carbocycles. The molecule has 24 heavy (non-hydrogen) atoms. The molecule has 0 saturated heterocycles. The predicted octanol–water partition coefficient (Wildman–Crippen LogP) is 3.78. The van der Waals surface area contributed by atoms with Gasteiger partial charge in [-0.05, 0) is 38.0 Å². The van der Waals surface area contributed by atoms with Crippen LogP contribution in [0.3, 0.4) is 0 Å². The fraction of sp³-hybridized carbons (Fsp3) is 0.444. The Morgan fingerprint density at radius 2 is 2.04 bits per heavy atom. The minimum atomic E-state index is -0.502. The largest absolute Gasteiger partial charge is 0.361 e. The Balaban J connectivity index is 1.80. The molecule has 0 atom stereocenters. The molecule has 1 aliphatic carbocycles. The average Bonchev–Trinajstić information content (AvgIpc) is 3.20. The normalized spacial score (nSPS) is 15.0. The van der Waals surface area contributed by atoms with Crippen LogP contribution in [-0.2, 0) is 17.8 Å². The van der Waals surface area contributed by atoms with E-state index in [1.54, 1.807) is 17.9 Å². The summed E-state index contributed by atoms with van der Waals surface area (Å²) < 4.78 is 32.4. The van der Waals surface area contributed by atoms with Gasteiger partial charge < -0.3 is 9.42 Å². The minimum Gasteiger partial charge on any atom is -0.361 e. The third-order valence-corrected chi connectivity index (χ3v) is 4.44. The third kappa shape index (κ3) is 3.80. The van der Waals surface area contributed by atoms with Gasteiger partial charge in [-0.25, -0.2) is 8.78 Å². The van der Waals surface area contributed by atoms with Crippen molar-refractivity contribution in [3.63, 3.8) is 0 Å². The molecular weight excluding hydrogens is 314 g/mol. The summed E-state index contributed by atoms with van der Waals surface area (Å²) in [6, 6.07) is 5.12. The van der Waals surface area contributed by atoms with Gasteiger partial charge in [-0.3, -0.25) is 4.79 Å². The third-order valence-electron chi connectivity index (χ3n) is 4.44. The van der Waals surface area contributed by atoms with Gasteiger partial charge in [-0.15, -0.1) is 0 Å². The monoisotopic (exact) mass is 334 g/mol. The Morgan fingerprint density at radius 1 is 1.29 bits per heavy atom. The number of aryl methyl sites for hydroxylation is 1. The molecule has 4 nitrogen and oxygen atoms in total. The second-order valence-electron chi connectivity index (χ2n) is 6.30. The van der Waals surface area contributed by atoms with E-state index in [0.29, 0.717) is 11.5 Å². The van der Waals surface area contributed by atoms with Crippen molar-refractivity contribution in [2.45, 2.75) is 51.6 Å². The molecule has 3 rings (SSSR count). The molecule has 1 aromatic heterocycles. The average molecular weight is 334 g/mol. The Labute approximate surface area is 139 Å². The van der Waals surface area contributed by atoms with Gasteiger partial charge in [0.25, 0.3) is 0 Å². The number of hydrogen-bond donors (Lipinski definition) is 0. The first kappa shape index (κ1) is 16.6. The number of halogens is 2. The first-order valence-corrected chi connectivity index (χ1v) is 8.18. The summed E-state index contributed by atoms with van der Waals surface area (Å²) in [7, 11) is 0. The molecule has 0 aliphatic heterocycles. The van der Waals surface area contributed by atoms with E-state index in [2.05, 4.69) is 5.16 Å². The predicted molar refractivity (Wildman–Crippen MR) is 84.1 cm³/mol. The topological polar surface area (TPSA) is 46.3 Å². The Kier molecular flexibility index (Phi) is 4.92. The van der Waals surface area contributed by atoms with Gasteiger partial charge >= 0.3 is 0 Å². The van der Waals surface area contributed by atoms with Crippen LogP contribution in [0, 0.1) is 18.6 Å². The van der Waals surface area contributed by atoms with Crippen LogP contribution in [-0.4, -0.2) is 22.0 Å². The van der Waals surface area contributed by atoms with Crippen LogP contribution in [0.1, 0.15) is 42.7 Å². The van der Waals surface area contributed by atoms with Crippen molar-refractivity contribution in [3.05, 3.63) is 52.9 Å². The molecule has 0 bridgehead atoms. The highest BCUT2D eigenvalue weighted by Gasteiger charge is 2.28. The van der Waals surface area contributed by atoms with Crippen molar-refractivity contribution in [3.8, 4) is 0 Å². The van der Waals surface area contributed by atoms with Crippen LogP contribution in [0.25, 0.3) is 0 Å². The van der Waals surface area contributed by atoms with Gasteiger partial charge in [0.2, 0.25) is 5.91 Å². The summed E-state index contributed by atoms with van der Waals surface area (Å²) in [5, 5.41) is 3.85. The van der Waals surface area contributed by atoms with E-state index in [1.807, 2.05) is 0 Å². The number of nitrogens with zero attached hydrogens (tertiary/aromatic N) is 2. The Hall–Kier alpha value is -2.24. The summed E-state index contributed by atoms with van der Waals surface area (Å²) in [6.07, 6.45) is 3.97. The summed E-state index contributed by atoms with van der Waals surface area (Å²) in [6.45, 7) is 1.84. The lowest BCUT2D eigenvalue weighted by Gasteiger charge is -2.29. The van der Waals surface area contributed by atoms with Gasteiger partial charge in [0.15, 0.2) is 0 Å². The second kappa shape index (κ2) is 7.11. The van der Waals surface area contributed by atoms with E-state index in [4.69, 9.17) is 4.52 Å². The van der Waals surface area contributed by atoms with E-state index >= 15 is 0 Å². The molecule has 0 N–H and O–H groups in total. The number of aromatic nitrogens is 1. The quantitative estimate of drug-likeness (QED) is 0.836. The van der Waals surface area contributed by atoms with E-state index < -0.39 is 11.6 Å². The molecule has 0 radical (unpaired) electrons. The van der Waals surface area contributed by atoms with Gasteiger partial charge in [-0.1, -0.05) is 18.0 Å². The fourth-order valence-electron chi connectivity index (χ4n) is 3.24. The molecule has 128 valence electrons. The van der Waals surface area contributed by atoms with E-state index in [9.17, 15) is 13.6 Å². The van der Waals surface area contributed by atoms with Crippen molar-refractivity contribution in [2.75, 3.05) is 0 Å². The maximum Gasteiger partial charge on any atom is 0.229 e. The Morgan fingerprint density at radius 3 is 2.71 bits per heavy atom. The smallest absolute Gasteiger partial charge is 0.229 e. The summed E-state index contributed by atoms with van der Waals surface area (Å²) in [5.74, 6) is -0.498. The molecule has 6 heteroatoms. The van der Waals surface area contributed by atoms with Crippen molar-refractivity contribution in [1.29, 1.82) is 0 Å². The SMILES string of the molecule is Cc1cc(CC(=O)N(Cc2cc(F)ccc2F)C2CCCC2)no1. The van der Waals surface area contributed by atoms with E-state index in [0.717, 1.165) is 43.9 Å². The highest BCUT2D eigenvalue weighted by atomic mass is 19.1. The number of hydrogen-bond acceptors (Lipinski definition) is 3. The first-order chi connectivity index (χ1) is 11.5. The zero-order valence-electron chi connectivity index (χ0n) is 13.6. The van der Waals surface area contributed by atoms with E-state index in [-0.39, 0.29) is 30.5 Å². The molecule has 2 aromatic rings. The lowest BCUT2D eigenvalue weighted by molar-refractivity contribution is -0.133. The van der Waals surface area contributed by atoms with Crippen molar-refractivity contribution in [1.82, 2.24) is 10.1 Å². The van der Waals surface area contributed by atoms with Crippen LogP contribution >= 0.6 is 0 Å². The zero-order valence-corrected chi connectivity index (χ0v) is 13.6. The molecule has 0 spiro atoms. The lowest BCUT2D eigenvalue weighted by Crippen LogP contribution is -2.39. The molecular formula is C18H20F2N2O2. The molecule has 1 amide bonds. The first-order valence-electron chi connectivity index (χ1n) is 8.18. The van der Waals surface area contributed by atoms with Crippen LogP contribution < -0.4 is 0 Å². The van der Waals surface area contributed by atoms with Gasteiger partial charge in [-0.2, -0.15) is 0 Å². The number of carbonyl (C=O) groups is 1. The van der Waals surface area contributed by atoms with Gasteiger partial charge in [0.05, 0.1) is 12.1 Å². The molecule has 0 unspecified atom stereocenters. The zero-order chi connectivity index (χ0) is 17.1. The highest BCUT2D eigenvalue weighted by molar-refractivity contribution is 5.78. The summed E-state index contributed by atoms with van der Waals surface area (Å²) >= 11 is 0. The van der Waals surface area contributed by atoms with Crippen LogP contribution in [0.5, 0.6) is 0 Å². The summed E-state index contributed by atoms with van der Waals surface area (Å²) in [5.41, 5.74) is 0.756. The van der Waals surface area contributed by atoms with Crippen LogP contribution in [0.15, 0.2) is 28.8 Å². The minimum absolute atomic E-state index is 0.0631. The molecule has 1 aromatic carbocycles. The van der Waals surface area contributed by atoms with Gasteiger partial charge in [0, 0.05) is 24.2 Å². The van der Waals surface area contributed by atoms with Crippen molar-refractivity contribution >= 4 is 5.91 Å². The van der Waals surface area contributed by atoms with Crippen LogP contribution in [0.4, 0.5) is 8.78 Å². The molecule has 1 fully saturated rings.